The number of sulfonamides is 1. The Balaban J connectivity index is 1.71. The van der Waals surface area contributed by atoms with Crippen LogP contribution in [0.1, 0.15) is 29.6 Å². The van der Waals surface area contributed by atoms with Crippen molar-refractivity contribution in [3.63, 3.8) is 0 Å². The van der Waals surface area contributed by atoms with Crippen molar-refractivity contribution in [2.75, 3.05) is 17.8 Å². The molecule has 0 bridgehead atoms. The molecule has 1 aliphatic heterocycles. The van der Waals surface area contributed by atoms with Crippen LogP contribution in [0.5, 0.6) is 0 Å². The minimum Gasteiger partial charge on any atom is -0.339 e. The minimum absolute atomic E-state index is 0.0560. The first-order valence-electron chi connectivity index (χ1n) is 8.53. The Morgan fingerprint density at radius 2 is 1.56 bits per heavy atom. The van der Waals surface area contributed by atoms with Crippen molar-refractivity contribution in [1.82, 2.24) is 4.90 Å². The number of nitro groups is 1. The number of nitrogens with one attached hydrogen (secondary N) is 1. The zero-order valence-corrected chi connectivity index (χ0v) is 15.3. The normalized spacial score (nSPS) is 14.6. The molecule has 8 nitrogen and oxygen atoms in total. The van der Waals surface area contributed by atoms with E-state index >= 15 is 0 Å². The van der Waals surface area contributed by atoms with Gasteiger partial charge in [0, 0.05) is 36.5 Å². The van der Waals surface area contributed by atoms with Crippen LogP contribution in [0.15, 0.2) is 53.4 Å². The van der Waals surface area contributed by atoms with Gasteiger partial charge in [0.05, 0.1) is 9.82 Å². The molecule has 0 radical (unpaired) electrons. The molecule has 27 heavy (non-hydrogen) atoms. The molecule has 2 aromatic rings. The van der Waals surface area contributed by atoms with Crippen molar-refractivity contribution in [1.29, 1.82) is 0 Å². The topological polar surface area (TPSA) is 110 Å². The van der Waals surface area contributed by atoms with Crippen molar-refractivity contribution in [2.24, 2.45) is 0 Å². The predicted molar refractivity (Wildman–Crippen MR) is 100 cm³/mol. The molecule has 1 fully saturated rings. The number of carbonyl (C=O) groups is 1. The van der Waals surface area contributed by atoms with E-state index in [1.165, 1.54) is 24.3 Å². The smallest absolute Gasteiger partial charge is 0.269 e. The van der Waals surface area contributed by atoms with Crippen LogP contribution >= 0.6 is 0 Å². The molecule has 1 saturated heterocycles. The molecule has 1 amide bonds. The molecular formula is C18H19N3O5S. The number of nitrogens with zero attached hydrogens (tertiary/aromatic N) is 2. The second kappa shape index (κ2) is 7.75. The van der Waals surface area contributed by atoms with Crippen molar-refractivity contribution in [3.05, 3.63) is 64.2 Å². The van der Waals surface area contributed by atoms with E-state index < -0.39 is 14.9 Å². The summed E-state index contributed by atoms with van der Waals surface area (Å²) < 4.78 is 27.2. The van der Waals surface area contributed by atoms with E-state index in [0.29, 0.717) is 11.3 Å². The number of carbonyl (C=O) groups excluding carboxylic acids is 1. The standard InChI is InChI=1S/C18H19N3O5S/c22-18(20-12-2-1-3-13-20)14-4-6-15(7-5-14)19-27(25,26)17-10-8-16(9-11-17)21(23)24/h4-11,19H,1-3,12-13H2. The van der Waals surface area contributed by atoms with E-state index in [1.54, 1.807) is 17.0 Å². The second-order valence-electron chi connectivity index (χ2n) is 6.29. The third kappa shape index (κ3) is 4.43. The highest BCUT2D eigenvalue weighted by Crippen LogP contribution is 2.20. The summed E-state index contributed by atoms with van der Waals surface area (Å²) in [4.78, 5) is 24.2. The summed E-state index contributed by atoms with van der Waals surface area (Å²) in [7, 11) is -3.88. The zero-order valence-electron chi connectivity index (χ0n) is 14.5. The maximum absolute atomic E-state index is 12.4. The van der Waals surface area contributed by atoms with Crippen LogP contribution in [0, 0.1) is 10.1 Å². The van der Waals surface area contributed by atoms with Gasteiger partial charge >= 0.3 is 0 Å². The van der Waals surface area contributed by atoms with Gasteiger partial charge < -0.3 is 4.90 Å². The SMILES string of the molecule is O=C(c1ccc(NS(=O)(=O)c2ccc([N+](=O)[O-])cc2)cc1)N1CCCCC1. The van der Waals surface area contributed by atoms with Gasteiger partial charge in [-0.2, -0.15) is 0 Å². The predicted octanol–water partition coefficient (Wildman–Crippen LogP) is 3.02. The van der Waals surface area contributed by atoms with Gasteiger partial charge in [0.1, 0.15) is 0 Å². The molecular weight excluding hydrogens is 370 g/mol. The number of piperidine rings is 1. The van der Waals surface area contributed by atoms with Gasteiger partial charge in [-0.15, -0.1) is 0 Å². The Labute approximate surface area is 157 Å². The van der Waals surface area contributed by atoms with E-state index in [9.17, 15) is 23.3 Å². The Kier molecular flexibility index (Phi) is 5.41. The number of non-ortho nitro benzene ring substituents is 1. The van der Waals surface area contributed by atoms with Crippen LogP contribution < -0.4 is 4.72 Å². The third-order valence-electron chi connectivity index (χ3n) is 4.39. The summed E-state index contributed by atoms with van der Waals surface area (Å²) >= 11 is 0. The maximum atomic E-state index is 12.4. The molecule has 0 atom stereocenters. The quantitative estimate of drug-likeness (QED) is 0.624. The highest BCUT2D eigenvalue weighted by atomic mass is 32.2. The van der Waals surface area contributed by atoms with Crippen LogP contribution in [0.4, 0.5) is 11.4 Å². The fourth-order valence-corrected chi connectivity index (χ4v) is 3.98. The number of benzene rings is 2. The van der Waals surface area contributed by atoms with E-state index in [0.717, 1.165) is 44.5 Å². The van der Waals surface area contributed by atoms with Crippen LogP contribution in [-0.2, 0) is 10.0 Å². The number of amides is 1. The zero-order chi connectivity index (χ0) is 19.4. The lowest BCUT2D eigenvalue weighted by molar-refractivity contribution is -0.384. The van der Waals surface area contributed by atoms with Gasteiger partial charge in [-0.25, -0.2) is 8.42 Å². The molecule has 142 valence electrons. The largest absolute Gasteiger partial charge is 0.339 e. The number of nitro benzene ring substituents is 1. The van der Waals surface area contributed by atoms with E-state index in [1.807, 2.05) is 0 Å². The van der Waals surface area contributed by atoms with Gasteiger partial charge in [0.15, 0.2) is 0 Å². The summed E-state index contributed by atoms with van der Waals surface area (Å²) in [5.41, 5.74) is 0.633. The summed E-state index contributed by atoms with van der Waals surface area (Å²) in [5, 5.41) is 10.7. The third-order valence-corrected chi connectivity index (χ3v) is 5.78. The number of likely N-dealkylation sites (tertiary alicyclic amines) is 1. The summed E-state index contributed by atoms with van der Waals surface area (Å²) in [5.74, 6) is -0.0560. The molecule has 0 unspecified atom stereocenters. The fourth-order valence-electron chi connectivity index (χ4n) is 2.92. The van der Waals surface area contributed by atoms with Crippen molar-refractivity contribution >= 4 is 27.3 Å². The first-order chi connectivity index (χ1) is 12.9. The first kappa shape index (κ1) is 18.8. The highest BCUT2D eigenvalue weighted by Gasteiger charge is 2.19. The first-order valence-corrected chi connectivity index (χ1v) is 10.0. The molecule has 3 rings (SSSR count). The van der Waals surface area contributed by atoms with Gasteiger partial charge in [-0.3, -0.25) is 19.6 Å². The van der Waals surface area contributed by atoms with Crippen molar-refractivity contribution in [2.45, 2.75) is 24.2 Å². The molecule has 0 spiro atoms. The Morgan fingerprint density at radius 3 is 2.11 bits per heavy atom. The minimum atomic E-state index is -3.88. The van der Waals surface area contributed by atoms with Crippen LogP contribution in [0.3, 0.4) is 0 Å². The number of anilines is 1. The fraction of sp³-hybridized carbons (Fsp3) is 0.278. The summed E-state index contributed by atoms with van der Waals surface area (Å²) in [6.45, 7) is 1.49. The molecule has 1 N–H and O–H groups in total. The van der Waals surface area contributed by atoms with Crippen LogP contribution in [0.25, 0.3) is 0 Å². The molecule has 1 heterocycles. The second-order valence-corrected chi connectivity index (χ2v) is 7.97. The monoisotopic (exact) mass is 389 g/mol. The van der Waals surface area contributed by atoms with Crippen LogP contribution in [-0.4, -0.2) is 37.2 Å². The Hall–Kier alpha value is -2.94. The maximum Gasteiger partial charge on any atom is 0.269 e. The van der Waals surface area contributed by atoms with Crippen molar-refractivity contribution in [3.8, 4) is 0 Å². The number of hydrogen-bond donors (Lipinski definition) is 1. The lowest BCUT2D eigenvalue weighted by Crippen LogP contribution is -2.35. The number of hydrogen-bond acceptors (Lipinski definition) is 5. The van der Waals surface area contributed by atoms with E-state index in [2.05, 4.69) is 4.72 Å². The molecule has 9 heteroatoms. The molecule has 0 saturated carbocycles. The van der Waals surface area contributed by atoms with Gasteiger partial charge in [-0.05, 0) is 55.7 Å². The Bertz CT molecular complexity index is 934. The molecule has 0 aromatic heterocycles. The average molecular weight is 389 g/mol. The van der Waals surface area contributed by atoms with Gasteiger partial charge in [-0.1, -0.05) is 0 Å². The van der Waals surface area contributed by atoms with Crippen molar-refractivity contribution < 1.29 is 18.1 Å². The molecule has 0 aliphatic carbocycles. The van der Waals surface area contributed by atoms with E-state index in [4.69, 9.17) is 0 Å². The Morgan fingerprint density at radius 1 is 0.963 bits per heavy atom. The van der Waals surface area contributed by atoms with Gasteiger partial charge in [0.2, 0.25) is 0 Å². The van der Waals surface area contributed by atoms with Gasteiger partial charge in [0.25, 0.3) is 21.6 Å². The molecule has 1 aliphatic rings. The van der Waals surface area contributed by atoms with E-state index in [-0.39, 0.29) is 16.5 Å². The highest BCUT2D eigenvalue weighted by molar-refractivity contribution is 7.92. The lowest BCUT2D eigenvalue weighted by Gasteiger charge is -2.26. The summed E-state index contributed by atoms with van der Waals surface area (Å²) in [6, 6.07) is 10.9. The average Bonchev–Trinajstić information content (AvgIpc) is 2.68. The molecule has 2 aromatic carbocycles. The lowest BCUT2D eigenvalue weighted by atomic mass is 10.1. The summed E-state index contributed by atoms with van der Waals surface area (Å²) in [6.07, 6.45) is 3.13. The van der Waals surface area contributed by atoms with Crippen LogP contribution in [0.2, 0.25) is 0 Å². The number of rotatable bonds is 5.